The molecule has 0 aromatic heterocycles. The Hall–Kier alpha value is 1.88. The SMILES string of the molecule is CC(C)(C)SC([O-])=S.[K+]. The van der Waals surface area contributed by atoms with Gasteiger partial charge in [-0.05, 0) is 4.38 Å². The van der Waals surface area contributed by atoms with E-state index >= 15 is 0 Å². The molecule has 1 nitrogen and oxygen atoms in total. The van der Waals surface area contributed by atoms with Crippen LogP contribution in [0.15, 0.2) is 0 Å². The fourth-order valence-corrected chi connectivity index (χ4v) is 1.50. The van der Waals surface area contributed by atoms with E-state index in [1.807, 2.05) is 20.8 Å². The Morgan fingerprint density at radius 1 is 1.44 bits per heavy atom. The van der Waals surface area contributed by atoms with Crippen LogP contribution in [-0.2, 0) is 0 Å². The van der Waals surface area contributed by atoms with Crippen LogP contribution in [0.4, 0.5) is 0 Å². The second-order valence-electron chi connectivity index (χ2n) is 2.46. The molecule has 0 N–H and O–H groups in total. The third-order valence-electron chi connectivity index (χ3n) is 0.390. The molecule has 9 heavy (non-hydrogen) atoms. The summed E-state index contributed by atoms with van der Waals surface area (Å²) >= 11 is 5.54. The van der Waals surface area contributed by atoms with E-state index in [0.29, 0.717) is 0 Å². The maximum absolute atomic E-state index is 10.2. The summed E-state index contributed by atoms with van der Waals surface area (Å²) in [6.07, 6.45) is 0. The largest absolute Gasteiger partial charge is 1.00 e. The van der Waals surface area contributed by atoms with Gasteiger partial charge in [0, 0.05) is 4.75 Å². The molecule has 4 heteroatoms. The molecule has 0 aliphatic heterocycles. The molecular weight excluding hydrogens is 179 g/mol. The van der Waals surface area contributed by atoms with Gasteiger partial charge in [-0.1, -0.05) is 33.0 Å². The van der Waals surface area contributed by atoms with E-state index in [0.717, 1.165) is 0 Å². The molecule has 0 saturated heterocycles. The van der Waals surface area contributed by atoms with E-state index < -0.39 is 0 Å². The van der Waals surface area contributed by atoms with E-state index in [4.69, 9.17) is 0 Å². The van der Waals surface area contributed by atoms with Crippen molar-refractivity contribution in [2.75, 3.05) is 0 Å². The maximum Gasteiger partial charge on any atom is 1.00 e. The van der Waals surface area contributed by atoms with Crippen LogP contribution in [0.3, 0.4) is 0 Å². The molecule has 0 radical (unpaired) electrons. The topological polar surface area (TPSA) is 23.1 Å². The van der Waals surface area contributed by atoms with Crippen molar-refractivity contribution in [1.82, 2.24) is 0 Å². The van der Waals surface area contributed by atoms with Gasteiger partial charge in [-0.25, -0.2) is 0 Å². The zero-order valence-corrected chi connectivity index (χ0v) is 11.0. The van der Waals surface area contributed by atoms with Crippen LogP contribution in [0.5, 0.6) is 0 Å². The van der Waals surface area contributed by atoms with Crippen molar-refractivity contribution in [3.63, 3.8) is 0 Å². The van der Waals surface area contributed by atoms with E-state index in [1.54, 1.807) is 0 Å². The summed E-state index contributed by atoms with van der Waals surface area (Å²) in [6, 6.07) is 0. The van der Waals surface area contributed by atoms with Gasteiger partial charge < -0.3 is 5.11 Å². The van der Waals surface area contributed by atoms with Gasteiger partial charge >= 0.3 is 51.4 Å². The summed E-state index contributed by atoms with van der Waals surface area (Å²) in [5.74, 6) is 0. The van der Waals surface area contributed by atoms with Gasteiger partial charge in [0.15, 0.2) is 0 Å². The Morgan fingerprint density at radius 3 is 1.78 bits per heavy atom. The van der Waals surface area contributed by atoms with Gasteiger partial charge in [-0.2, -0.15) is 0 Å². The van der Waals surface area contributed by atoms with E-state index in [-0.39, 0.29) is 60.5 Å². The molecule has 0 spiro atoms. The molecule has 0 aromatic carbocycles. The number of thiocarbonyl (C=S) groups is 1. The van der Waals surface area contributed by atoms with Crippen molar-refractivity contribution in [2.24, 2.45) is 0 Å². The van der Waals surface area contributed by atoms with Crippen LogP contribution in [0.2, 0.25) is 0 Å². The standard InChI is InChI=1S/C5H10OS2.K/c1-5(2,3)8-4(6)7;/h1-3H3,(H,6,7);/q;+1/p-1. The van der Waals surface area contributed by atoms with Gasteiger partial charge in [0.2, 0.25) is 0 Å². The van der Waals surface area contributed by atoms with Crippen molar-refractivity contribution < 1.29 is 56.5 Å². The molecule has 0 bridgehead atoms. The van der Waals surface area contributed by atoms with Crippen LogP contribution in [0.25, 0.3) is 0 Å². The fraction of sp³-hybridized carbons (Fsp3) is 0.800. The van der Waals surface area contributed by atoms with Gasteiger partial charge in [0.05, 0.1) is 0 Å². The Bertz CT molecular complexity index is 97.6. The monoisotopic (exact) mass is 188 g/mol. The average Bonchev–Trinajstić information content (AvgIpc) is 1.21. The van der Waals surface area contributed by atoms with Crippen molar-refractivity contribution >= 4 is 28.4 Å². The summed E-state index contributed by atoms with van der Waals surface area (Å²) in [6.45, 7) is 5.88. The van der Waals surface area contributed by atoms with Crippen LogP contribution in [-0.4, -0.2) is 9.13 Å². The second-order valence-corrected chi connectivity index (χ2v) is 4.89. The summed E-state index contributed by atoms with van der Waals surface area (Å²) in [7, 11) is 0. The van der Waals surface area contributed by atoms with Crippen molar-refractivity contribution in [1.29, 1.82) is 0 Å². The molecule has 0 saturated carbocycles. The minimum Gasteiger partial charge on any atom is -0.860 e. The molecule has 48 valence electrons. The van der Waals surface area contributed by atoms with Crippen molar-refractivity contribution in [3.8, 4) is 0 Å². The Labute approximate surface area is 108 Å². The van der Waals surface area contributed by atoms with Gasteiger partial charge in [0.1, 0.15) is 0 Å². The van der Waals surface area contributed by atoms with Crippen LogP contribution in [0.1, 0.15) is 20.8 Å². The van der Waals surface area contributed by atoms with E-state index in [2.05, 4.69) is 12.2 Å². The Kier molecular flexibility index (Phi) is 8.25. The number of rotatable bonds is 0. The number of hydrogen-bond acceptors (Lipinski definition) is 3. The number of hydrogen-bond donors (Lipinski definition) is 0. The summed E-state index contributed by atoms with van der Waals surface area (Å²) in [5, 5.41) is 10.2. The minimum atomic E-state index is -0.225. The Balaban J connectivity index is 0. The zero-order chi connectivity index (χ0) is 6.78. The first-order valence-corrected chi connectivity index (χ1v) is 3.54. The molecular formula is C5H9KOS2. The third-order valence-corrected chi connectivity index (χ3v) is 1.42. The quantitative estimate of drug-likeness (QED) is 0.330. The van der Waals surface area contributed by atoms with E-state index in [1.165, 1.54) is 11.8 Å². The first-order valence-electron chi connectivity index (χ1n) is 2.32. The molecule has 0 aromatic rings. The molecule has 0 amide bonds. The minimum absolute atomic E-state index is 0. The maximum atomic E-state index is 10.2. The van der Waals surface area contributed by atoms with Crippen LogP contribution < -0.4 is 56.5 Å². The van der Waals surface area contributed by atoms with Gasteiger partial charge in [-0.3, -0.25) is 0 Å². The third kappa shape index (κ3) is 13.0. The fourth-order valence-electron chi connectivity index (χ4n) is 0.250. The van der Waals surface area contributed by atoms with Crippen molar-refractivity contribution in [2.45, 2.75) is 25.5 Å². The van der Waals surface area contributed by atoms with Crippen LogP contribution >= 0.6 is 24.0 Å². The summed E-state index contributed by atoms with van der Waals surface area (Å²) in [5.41, 5.74) is 0. The normalized spacial score (nSPS) is 10.1. The number of thioether (sulfide) groups is 1. The molecule has 0 rings (SSSR count). The Morgan fingerprint density at radius 2 is 1.78 bits per heavy atom. The van der Waals surface area contributed by atoms with Crippen LogP contribution in [0, 0.1) is 0 Å². The van der Waals surface area contributed by atoms with Gasteiger partial charge in [-0.15, -0.1) is 11.8 Å². The first kappa shape index (κ1) is 13.5. The molecule has 0 aliphatic rings. The van der Waals surface area contributed by atoms with E-state index in [9.17, 15) is 5.11 Å². The predicted molar refractivity (Wildman–Crippen MR) is 39.9 cm³/mol. The zero-order valence-electron chi connectivity index (χ0n) is 6.22. The molecule has 0 atom stereocenters. The second kappa shape index (κ2) is 5.52. The molecule has 0 aliphatic carbocycles. The summed E-state index contributed by atoms with van der Waals surface area (Å²) in [4.78, 5) is 0. The molecule has 0 heterocycles. The van der Waals surface area contributed by atoms with Crippen molar-refractivity contribution in [3.05, 3.63) is 0 Å². The first-order chi connectivity index (χ1) is 3.42. The van der Waals surface area contributed by atoms with Gasteiger partial charge in [0.25, 0.3) is 0 Å². The smallest absolute Gasteiger partial charge is 0.860 e. The predicted octanol–water partition coefficient (Wildman–Crippen LogP) is -1.83. The molecule has 0 unspecified atom stereocenters. The molecule has 0 fully saturated rings. The summed E-state index contributed by atoms with van der Waals surface area (Å²) < 4.78 is -0.240. The average molecular weight is 188 g/mol.